The average Bonchev–Trinajstić information content (AvgIpc) is 3.21. The molecule has 0 saturated carbocycles. The number of nitrogens with two attached hydrogens (primary N) is 1. The molecule has 0 aliphatic carbocycles. The van der Waals surface area contributed by atoms with Crippen molar-refractivity contribution < 1.29 is 0 Å². The Morgan fingerprint density at radius 1 is 0.967 bits per heavy atom. The molecule has 0 spiro atoms. The summed E-state index contributed by atoms with van der Waals surface area (Å²) in [6.07, 6.45) is 1.10. The maximum Gasteiger partial charge on any atom is 0.0553 e. The molecule has 4 N–H and O–H groups in total. The molecule has 0 atom stereocenters. The minimum atomic E-state index is 0.564. The van der Waals surface area contributed by atoms with Gasteiger partial charge in [0.15, 0.2) is 0 Å². The third-order valence-electron chi connectivity index (χ3n) is 5.67. The van der Waals surface area contributed by atoms with Gasteiger partial charge in [0.25, 0.3) is 0 Å². The summed E-state index contributed by atoms with van der Waals surface area (Å²) in [5, 5.41) is 4.47. The number of benzene rings is 3. The quantitative estimate of drug-likeness (QED) is 0.364. The van der Waals surface area contributed by atoms with Crippen LogP contribution in [0.5, 0.6) is 0 Å². The van der Waals surface area contributed by atoms with Gasteiger partial charge in [-0.2, -0.15) is 0 Å². The van der Waals surface area contributed by atoms with Gasteiger partial charge >= 0.3 is 0 Å². The van der Waals surface area contributed by atoms with Gasteiger partial charge < -0.3 is 20.9 Å². The summed E-state index contributed by atoms with van der Waals surface area (Å²) >= 11 is 1.86. The Morgan fingerprint density at radius 3 is 2.70 bits per heavy atom. The molecule has 0 saturated heterocycles. The smallest absolute Gasteiger partial charge is 0.0553 e. The summed E-state index contributed by atoms with van der Waals surface area (Å²) in [5.74, 6) is 0. The topological polar surface area (TPSA) is 57.1 Å². The lowest BCUT2D eigenvalue weighted by Gasteiger charge is -2.33. The van der Waals surface area contributed by atoms with E-state index in [1.54, 1.807) is 0 Å². The first-order valence-corrected chi connectivity index (χ1v) is 11.2. The SMILES string of the molecule is CNCCCN1c2ccccc2Sc2cc(-c3cc4cc(CN)ccc4[nH]3)ccc21. The third kappa shape index (κ3) is 3.49. The van der Waals surface area contributed by atoms with Gasteiger partial charge in [-0.25, -0.2) is 0 Å². The number of anilines is 2. The van der Waals surface area contributed by atoms with Crippen LogP contribution in [-0.4, -0.2) is 25.1 Å². The number of fused-ring (bicyclic) bond motifs is 3. The fourth-order valence-electron chi connectivity index (χ4n) is 4.12. The van der Waals surface area contributed by atoms with Crippen LogP contribution in [0.4, 0.5) is 11.4 Å². The maximum absolute atomic E-state index is 5.81. The van der Waals surface area contributed by atoms with Crippen LogP contribution in [0.3, 0.4) is 0 Å². The van der Waals surface area contributed by atoms with Crippen molar-refractivity contribution in [2.75, 3.05) is 25.0 Å². The largest absolute Gasteiger partial charge is 0.355 e. The molecule has 0 unspecified atom stereocenters. The van der Waals surface area contributed by atoms with Gasteiger partial charge in [-0.1, -0.05) is 36.0 Å². The van der Waals surface area contributed by atoms with Gasteiger partial charge in [0.2, 0.25) is 0 Å². The highest BCUT2D eigenvalue weighted by molar-refractivity contribution is 7.99. The van der Waals surface area contributed by atoms with E-state index in [0.717, 1.165) is 36.3 Å². The van der Waals surface area contributed by atoms with Crippen LogP contribution in [0.1, 0.15) is 12.0 Å². The molecule has 0 bridgehead atoms. The molecule has 1 aliphatic heterocycles. The summed E-state index contributed by atoms with van der Waals surface area (Å²) in [7, 11) is 2.01. The molecule has 1 aromatic heterocycles. The second-order valence-electron chi connectivity index (χ2n) is 7.67. The number of nitrogens with one attached hydrogen (secondary N) is 2. The Labute approximate surface area is 181 Å². The normalized spacial score (nSPS) is 12.8. The second kappa shape index (κ2) is 8.19. The lowest BCUT2D eigenvalue weighted by molar-refractivity contribution is 0.719. The predicted octanol–water partition coefficient (Wildman–Crippen LogP) is 5.51. The van der Waals surface area contributed by atoms with Gasteiger partial charge in [0.05, 0.1) is 11.4 Å². The van der Waals surface area contributed by atoms with Crippen molar-refractivity contribution in [2.24, 2.45) is 5.73 Å². The molecule has 5 rings (SSSR count). The van der Waals surface area contributed by atoms with Crippen molar-refractivity contribution in [1.29, 1.82) is 0 Å². The zero-order valence-corrected chi connectivity index (χ0v) is 17.9. The van der Waals surface area contributed by atoms with E-state index in [0.29, 0.717) is 6.54 Å². The van der Waals surface area contributed by atoms with E-state index in [1.807, 2.05) is 18.8 Å². The van der Waals surface area contributed by atoms with E-state index in [-0.39, 0.29) is 0 Å². The molecule has 30 heavy (non-hydrogen) atoms. The zero-order chi connectivity index (χ0) is 20.5. The summed E-state index contributed by atoms with van der Waals surface area (Å²) in [4.78, 5) is 8.65. The van der Waals surface area contributed by atoms with Crippen LogP contribution in [0.2, 0.25) is 0 Å². The monoisotopic (exact) mass is 414 g/mol. The van der Waals surface area contributed by atoms with E-state index < -0.39 is 0 Å². The molecule has 2 heterocycles. The number of hydrogen-bond acceptors (Lipinski definition) is 4. The standard InChI is InChI=1S/C25H26N4S/c1-27-11-4-12-29-22-5-2-3-6-24(22)30-25-15-18(8-10-23(25)29)21-14-19-13-17(16-26)7-9-20(19)28-21/h2-3,5-10,13-15,27-28H,4,11-12,16,26H2,1H3. The van der Waals surface area contributed by atoms with Crippen molar-refractivity contribution in [3.63, 3.8) is 0 Å². The third-order valence-corrected chi connectivity index (χ3v) is 6.78. The summed E-state index contributed by atoms with van der Waals surface area (Å²) in [6.45, 7) is 2.58. The van der Waals surface area contributed by atoms with Crippen molar-refractivity contribution in [3.8, 4) is 11.3 Å². The Kier molecular flexibility index (Phi) is 5.25. The maximum atomic E-state index is 5.81. The highest BCUT2D eigenvalue weighted by Crippen LogP contribution is 2.49. The minimum Gasteiger partial charge on any atom is -0.355 e. The molecule has 4 aromatic rings. The van der Waals surface area contributed by atoms with Crippen molar-refractivity contribution in [1.82, 2.24) is 10.3 Å². The lowest BCUT2D eigenvalue weighted by Crippen LogP contribution is -2.24. The number of para-hydroxylation sites is 1. The van der Waals surface area contributed by atoms with E-state index in [1.165, 1.54) is 32.1 Å². The van der Waals surface area contributed by atoms with Crippen molar-refractivity contribution in [3.05, 3.63) is 72.3 Å². The van der Waals surface area contributed by atoms with Crippen LogP contribution >= 0.6 is 11.8 Å². The van der Waals surface area contributed by atoms with Crippen molar-refractivity contribution >= 4 is 34.0 Å². The Balaban J connectivity index is 1.53. The molecule has 0 fully saturated rings. The first-order chi connectivity index (χ1) is 14.8. The molecular formula is C25H26N4S. The fourth-order valence-corrected chi connectivity index (χ4v) is 5.26. The molecular weight excluding hydrogens is 388 g/mol. The van der Waals surface area contributed by atoms with Crippen LogP contribution < -0.4 is 16.0 Å². The lowest BCUT2D eigenvalue weighted by atomic mass is 10.1. The Bertz CT molecular complexity index is 1200. The average molecular weight is 415 g/mol. The highest BCUT2D eigenvalue weighted by Gasteiger charge is 2.23. The highest BCUT2D eigenvalue weighted by atomic mass is 32.2. The predicted molar refractivity (Wildman–Crippen MR) is 128 cm³/mol. The summed E-state index contributed by atoms with van der Waals surface area (Å²) in [5.41, 5.74) is 13.1. The number of aromatic nitrogens is 1. The van der Waals surface area contributed by atoms with Crippen molar-refractivity contribution in [2.45, 2.75) is 22.8 Å². The van der Waals surface area contributed by atoms with Gasteiger partial charge in [-0.3, -0.25) is 0 Å². The van der Waals surface area contributed by atoms with Crippen LogP contribution in [0, 0.1) is 0 Å². The number of hydrogen-bond donors (Lipinski definition) is 3. The van der Waals surface area contributed by atoms with Crippen LogP contribution in [0.15, 0.2) is 76.5 Å². The molecule has 0 amide bonds. The number of rotatable bonds is 6. The summed E-state index contributed by atoms with van der Waals surface area (Å²) < 4.78 is 0. The minimum absolute atomic E-state index is 0.564. The molecule has 5 heteroatoms. The molecule has 0 radical (unpaired) electrons. The zero-order valence-electron chi connectivity index (χ0n) is 17.1. The Hall–Kier alpha value is -2.73. The summed E-state index contributed by atoms with van der Waals surface area (Å²) in [6, 6.07) is 24.1. The van der Waals surface area contributed by atoms with Gasteiger partial charge in [-0.15, -0.1) is 0 Å². The van der Waals surface area contributed by atoms with Gasteiger partial charge in [0, 0.05) is 39.5 Å². The van der Waals surface area contributed by atoms with E-state index >= 15 is 0 Å². The van der Waals surface area contributed by atoms with E-state index in [4.69, 9.17) is 5.73 Å². The molecule has 4 nitrogen and oxygen atoms in total. The fraction of sp³-hybridized carbons (Fsp3) is 0.200. The number of aromatic amines is 1. The van der Waals surface area contributed by atoms with E-state index in [9.17, 15) is 0 Å². The van der Waals surface area contributed by atoms with Gasteiger partial charge in [-0.05, 0) is 73.6 Å². The number of nitrogens with zero attached hydrogens (tertiary/aromatic N) is 1. The number of H-pyrrole nitrogens is 1. The van der Waals surface area contributed by atoms with Crippen LogP contribution in [-0.2, 0) is 6.54 Å². The Morgan fingerprint density at radius 2 is 1.83 bits per heavy atom. The second-order valence-corrected chi connectivity index (χ2v) is 8.75. The van der Waals surface area contributed by atoms with E-state index in [2.05, 4.69) is 81.9 Å². The van der Waals surface area contributed by atoms with Gasteiger partial charge in [0.1, 0.15) is 0 Å². The molecule has 1 aliphatic rings. The molecule has 152 valence electrons. The first-order valence-electron chi connectivity index (χ1n) is 10.4. The first kappa shape index (κ1) is 19.2. The van der Waals surface area contributed by atoms with Crippen LogP contribution in [0.25, 0.3) is 22.2 Å². The molecule has 3 aromatic carbocycles.